The number of aromatic nitrogens is 2. The van der Waals surface area contributed by atoms with E-state index in [0.717, 1.165) is 33.7 Å². The van der Waals surface area contributed by atoms with E-state index in [9.17, 15) is 5.11 Å². The number of aliphatic hydroxyl groups is 1. The molecule has 1 N–H and O–H groups in total. The fourth-order valence-electron chi connectivity index (χ4n) is 2.00. The second-order valence-corrected chi connectivity index (χ2v) is 5.17. The van der Waals surface area contributed by atoms with Gasteiger partial charge in [-0.25, -0.2) is 0 Å². The first-order valence-corrected chi connectivity index (χ1v) is 6.77. The zero-order chi connectivity index (χ0) is 13.3. The summed E-state index contributed by atoms with van der Waals surface area (Å²) >= 11 is 3.53. The van der Waals surface area contributed by atoms with Crippen LogP contribution in [0.5, 0.6) is 0 Å². The maximum atomic E-state index is 10.2. The van der Waals surface area contributed by atoms with Crippen LogP contribution >= 0.6 is 15.9 Å². The Hall–Kier alpha value is -1.07. The first kappa shape index (κ1) is 13.4. The molecule has 0 aliphatic carbocycles. The van der Waals surface area contributed by atoms with Crippen LogP contribution in [0.15, 0.2) is 21.2 Å². The Bertz CT molecular complexity index is 545. The molecule has 4 nitrogen and oxygen atoms in total. The minimum atomic E-state index is -0.569. The third kappa shape index (κ3) is 2.52. The van der Waals surface area contributed by atoms with Crippen molar-refractivity contribution < 1.29 is 9.52 Å². The maximum absolute atomic E-state index is 10.2. The van der Waals surface area contributed by atoms with Gasteiger partial charge in [-0.15, -0.1) is 0 Å². The highest BCUT2D eigenvalue weighted by atomic mass is 79.9. The number of aryl methyl sites for hydroxylation is 3. The third-order valence-corrected chi connectivity index (χ3v) is 4.01. The molecule has 0 radical (unpaired) electrons. The van der Waals surface area contributed by atoms with Gasteiger partial charge >= 0.3 is 0 Å². The molecule has 1 unspecified atom stereocenters. The summed E-state index contributed by atoms with van der Waals surface area (Å²) in [6, 6.07) is 1.86. The second-order valence-electron chi connectivity index (χ2n) is 4.37. The SMILES string of the molecule is CCn1nc(C)c(Br)c1CC(O)c1coc(C)c1. The van der Waals surface area contributed by atoms with Gasteiger partial charge in [0.05, 0.1) is 28.2 Å². The molecular weight excluding hydrogens is 296 g/mol. The van der Waals surface area contributed by atoms with Crippen LogP contribution in [0, 0.1) is 13.8 Å². The lowest BCUT2D eigenvalue weighted by Gasteiger charge is -2.10. The molecule has 0 saturated heterocycles. The van der Waals surface area contributed by atoms with Gasteiger partial charge < -0.3 is 9.52 Å². The first-order chi connectivity index (χ1) is 8.52. The van der Waals surface area contributed by atoms with Crippen LogP contribution in [-0.2, 0) is 13.0 Å². The largest absolute Gasteiger partial charge is 0.469 e. The van der Waals surface area contributed by atoms with Crippen molar-refractivity contribution >= 4 is 15.9 Å². The lowest BCUT2D eigenvalue weighted by molar-refractivity contribution is 0.174. The van der Waals surface area contributed by atoms with Gasteiger partial charge in [0, 0.05) is 18.5 Å². The first-order valence-electron chi connectivity index (χ1n) is 5.97. The Morgan fingerprint density at radius 2 is 2.22 bits per heavy atom. The van der Waals surface area contributed by atoms with Crippen LogP contribution in [-0.4, -0.2) is 14.9 Å². The smallest absolute Gasteiger partial charge is 0.101 e. The number of nitrogens with zero attached hydrogens (tertiary/aromatic N) is 2. The molecule has 0 spiro atoms. The number of rotatable bonds is 4. The Morgan fingerprint density at radius 1 is 1.50 bits per heavy atom. The molecule has 1 atom stereocenters. The summed E-state index contributed by atoms with van der Waals surface area (Å²) in [5.41, 5.74) is 2.77. The zero-order valence-corrected chi connectivity index (χ0v) is 12.4. The number of hydrogen-bond acceptors (Lipinski definition) is 3. The molecule has 0 bridgehead atoms. The fourth-order valence-corrected chi connectivity index (χ4v) is 2.45. The van der Waals surface area contributed by atoms with Gasteiger partial charge in [0.1, 0.15) is 5.76 Å². The van der Waals surface area contributed by atoms with E-state index in [2.05, 4.69) is 21.0 Å². The maximum Gasteiger partial charge on any atom is 0.101 e. The molecule has 0 amide bonds. The predicted octanol–water partition coefficient (Wildman–Crippen LogP) is 3.15. The van der Waals surface area contributed by atoms with E-state index in [-0.39, 0.29) is 0 Å². The molecule has 2 aromatic heterocycles. The molecule has 2 rings (SSSR count). The summed E-state index contributed by atoms with van der Waals surface area (Å²) in [5, 5.41) is 14.6. The summed E-state index contributed by atoms with van der Waals surface area (Å²) in [5.74, 6) is 0.809. The monoisotopic (exact) mass is 312 g/mol. The van der Waals surface area contributed by atoms with Gasteiger partial charge in [-0.2, -0.15) is 5.10 Å². The lowest BCUT2D eigenvalue weighted by Crippen LogP contribution is -2.08. The van der Waals surface area contributed by atoms with Gasteiger partial charge in [-0.3, -0.25) is 4.68 Å². The van der Waals surface area contributed by atoms with Gasteiger partial charge in [-0.05, 0) is 42.8 Å². The summed E-state index contributed by atoms with van der Waals surface area (Å²) in [6.07, 6.45) is 1.56. The molecule has 2 heterocycles. The molecule has 5 heteroatoms. The molecule has 0 aliphatic rings. The molecule has 98 valence electrons. The molecule has 0 saturated carbocycles. The van der Waals surface area contributed by atoms with Crippen molar-refractivity contribution in [1.29, 1.82) is 0 Å². The Kier molecular flexibility index (Phi) is 3.92. The molecular formula is C13H17BrN2O2. The minimum absolute atomic E-state index is 0.522. The summed E-state index contributed by atoms with van der Waals surface area (Å²) in [7, 11) is 0. The van der Waals surface area contributed by atoms with Crippen LogP contribution in [0.2, 0.25) is 0 Å². The van der Waals surface area contributed by atoms with Crippen LogP contribution in [0.25, 0.3) is 0 Å². The number of furan rings is 1. The standard InChI is InChI=1S/C13H17BrN2O2/c1-4-16-11(13(14)9(3)15-16)6-12(17)10-5-8(2)18-7-10/h5,7,12,17H,4,6H2,1-3H3. The molecule has 18 heavy (non-hydrogen) atoms. The van der Waals surface area contributed by atoms with E-state index < -0.39 is 6.10 Å². The molecule has 2 aromatic rings. The van der Waals surface area contributed by atoms with Crippen molar-refractivity contribution in [3.63, 3.8) is 0 Å². The van der Waals surface area contributed by atoms with Crippen molar-refractivity contribution in [3.05, 3.63) is 39.5 Å². The summed E-state index contributed by atoms with van der Waals surface area (Å²) < 4.78 is 8.11. The Balaban J connectivity index is 2.23. The number of halogens is 1. The van der Waals surface area contributed by atoms with E-state index >= 15 is 0 Å². The Morgan fingerprint density at radius 3 is 2.78 bits per heavy atom. The molecule has 0 fully saturated rings. The molecule has 0 aliphatic heterocycles. The van der Waals surface area contributed by atoms with E-state index in [1.165, 1.54) is 0 Å². The van der Waals surface area contributed by atoms with Crippen LogP contribution in [0.1, 0.15) is 35.7 Å². The average Bonchev–Trinajstić information content (AvgIpc) is 2.88. The summed E-state index contributed by atoms with van der Waals surface area (Å²) in [4.78, 5) is 0. The van der Waals surface area contributed by atoms with E-state index in [1.54, 1.807) is 6.26 Å². The highest BCUT2D eigenvalue weighted by Gasteiger charge is 2.18. The predicted molar refractivity (Wildman–Crippen MR) is 72.4 cm³/mol. The second kappa shape index (κ2) is 5.28. The quantitative estimate of drug-likeness (QED) is 0.943. The van der Waals surface area contributed by atoms with Crippen molar-refractivity contribution in [2.75, 3.05) is 0 Å². The van der Waals surface area contributed by atoms with Gasteiger partial charge in [-0.1, -0.05) is 0 Å². The Labute approximate surface area is 115 Å². The highest BCUT2D eigenvalue weighted by Crippen LogP contribution is 2.27. The normalized spacial score (nSPS) is 12.9. The van der Waals surface area contributed by atoms with Crippen LogP contribution in [0.4, 0.5) is 0 Å². The van der Waals surface area contributed by atoms with Crippen molar-refractivity contribution in [3.8, 4) is 0 Å². The minimum Gasteiger partial charge on any atom is -0.469 e. The third-order valence-electron chi connectivity index (χ3n) is 2.98. The lowest BCUT2D eigenvalue weighted by atomic mass is 10.1. The van der Waals surface area contributed by atoms with Crippen molar-refractivity contribution in [2.24, 2.45) is 0 Å². The van der Waals surface area contributed by atoms with E-state index in [1.807, 2.05) is 31.5 Å². The number of aliphatic hydroxyl groups excluding tert-OH is 1. The fraction of sp³-hybridized carbons (Fsp3) is 0.462. The van der Waals surface area contributed by atoms with Crippen molar-refractivity contribution in [2.45, 2.75) is 39.8 Å². The average molecular weight is 313 g/mol. The van der Waals surface area contributed by atoms with Gasteiger partial charge in [0.2, 0.25) is 0 Å². The van der Waals surface area contributed by atoms with Gasteiger partial charge in [0.25, 0.3) is 0 Å². The summed E-state index contributed by atoms with van der Waals surface area (Å²) in [6.45, 7) is 6.65. The van der Waals surface area contributed by atoms with E-state index in [0.29, 0.717) is 6.42 Å². The van der Waals surface area contributed by atoms with Crippen LogP contribution < -0.4 is 0 Å². The molecule has 0 aromatic carbocycles. The highest BCUT2D eigenvalue weighted by molar-refractivity contribution is 9.10. The van der Waals surface area contributed by atoms with Crippen LogP contribution in [0.3, 0.4) is 0 Å². The van der Waals surface area contributed by atoms with E-state index in [4.69, 9.17) is 4.42 Å². The van der Waals surface area contributed by atoms with Crippen molar-refractivity contribution in [1.82, 2.24) is 9.78 Å². The van der Waals surface area contributed by atoms with Gasteiger partial charge in [0.15, 0.2) is 0 Å². The topological polar surface area (TPSA) is 51.2 Å². The zero-order valence-electron chi connectivity index (χ0n) is 10.8. The number of hydrogen-bond donors (Lipinski definition) is 1.